The number of rotatable bonds is 5. The molecule has 0 bridgehead atoms. The number of hydrogen-bond donors (Lipinski definition) is 0. The van der Waals surface area contributed by atoms with Crippen molar-refractivity contribution in [2.75, 3.05) is 5.33 Å². The maximum absolute atomic E-state index is 12.0. The van der Waals surface area contributed by atoms with Crippen LogP contribution in [-0.2, 0) is 13.0 Å². The van der Waals surface area contributed by atoms with Crippen LogP contribution in [-0.4, -0.2) is 26.7 Å². The Labute approximate surface area is 121 Å². The number of halogens is 4. The van der Waals surface area contributed by atoms with Crippen molar-refractivity contribution in [3.05, 3.63) is 41.7 Å². The first-order valence-corrected chi connectivity index (χ1v) is 6.88. The monoisotopic (exact) mass is 349 g/mol. The van der Waals surface area contributed by atoms with E-state index in [1.165, 1.54) is 12.1 Å². The van der Waals surface area contributed by atoms with E-state index < -0.39 is 6.36 Å². The van der Waals surface area contributed by atoms with Gasteiger partial charge in [-0.25, -0.2) is 4.68 Å². The van der Waals surface area contributed by atoms with Crippen molar-refractivity contribution in [1.82, 2.24) is 15.0 Å². The van der Waals surface area contributed by atoms with Crippen LogP contribution in [0.2, 0.25) is 0 Å². The van der Waals surface area contributed by atoms with Gasteiger partial charge in [-0.3, -0.25) is 0 Å². The first-order chi connectivity index (χ1) is 9.46. The van der Waals surface area contributed by atoms with Gasteiger partial charge in [0.1, 0.15) is 5.75 Å². The van der Waals surface area contributed by atoms with E-state index in [-0.39, 0.29) is 5.75 Å². The summed E-state index contributed by atoms with van der Waals surface area (Å²) in [5.74, 6) is -0.236. The van der Waals surface area contributed by atoms with Gasteiger partial charge in [-0.15, -0.1) is 18.3 Å². The van der Waals surface area contributed by atoms with Gasteiger partial charge >= 0.3 is 6.36 Å². The molecule has 0 saturated carbocycles. The predicted molar refractivity (Wildman–Crippen MR) is 69.7 cm³/mol. The Hall–Kier alpha value is -1.57. The lowest BCUT2D eigenvalue weighted by Crippen LogP contribution is -2.17. The van der Waals surface area contributed by atoms with Crippen LogP contribution in [0.5, 0.6) is 5.75 Å². The predicted octanol–water partition coefficient (Wildman–Crippen LogP) is 3.16. The fourth-order valence-electron chi connectivity index (χ4n) is 1.61. The second-order valence-electron chi connectivity index (χ2n) is 4.04. The van der Waals surface area contributed by atoms with Gasteiger partial charge in [0.15, 0.2) is 0 Å². The third kappa shape index (κ3) is 4.52. The molecule has 0 amide bonds. The highest BCUT2D eigenvalue weighted by Gasteiger charge is 2.30. The summed E-state index contributed by atoms with van der Waals surface area (Å²) in [5, 5.41) is 8.72. The minimum absolute atomic E-state index is 0.236. The lowest BCUT2D eigenvalue weighted by atomic mass is 10.2. The Morgan fingerprint density at radius 3 is 2.50 bits per heavy atom. The van der Waals surface area contributed by atoms with Crippen LogP contribution in [0.15, 0.2) is 30.5 Å². The molecule has 1 aromatic carbocycles. The topological polar surface area (TPSA) is 39.9 Å². The van der Waals surface area contributed by atoms with E-state index >= 15 is 0 Å². The summed E-state index contributed by atoms with van der Waals surface area (Å²) < 4.78 is 41.5. The number of alkyl halides is 4. The van der Waals surface area contributed by atoms with Crippen molar-refractivity contribution in [3.8, 4) is 5.75 Å². The Morgan fingerprint density at radius 2 is 1.90 bits per heavy atom. The molecule has 1 heterocycles. The highest BCUT2D eigenvalue weighted by Crippen LogP contribution is 2.22. The van der Waals surface area contributed by atoms with Crippen LogP contribution in [0, 0.1) is 0 Å². The quantitative estimate of drug-likeness (QED) is 0.778. The van der Waals surface area contributed by atoms with E-state index in [4.69, 9.17) is 0 Å². The van der Waals surface area contributed by atoms with Gasteiger partial charge in [0, 0.05) is 17.9 Å². The number of ether oxygens (including phenoxy) is 1. The second-order valence-corrected chi connectivity index (χ2v) is 4.83. The number of nitrogens with zero attached hydrogens (tertiary/aromatic N) is 3. The third-order valence-electron chi connectivity index (χ3n) is 2.44. The zero-order valence-electron chi connectivity index (χ0n) is 10.3. The average molecular weight is 350 g/mol. The van der Waals surface area contributed by atoms with E-state index in [2.05, 4.69) is 31.0 Å². The van der Waals surface area contributed by atoms with Crippen LogP contribution in [0.4, 0.5) is 13.2 Å². The number of hydrogen-bond acceptors (Lipinski definition) is 3. The molecule has 8 heteroatoms. The number of benzene rings is 1. The molecular formula is C12H11BrF3N3O. The summed E-state index contributed by atoms with van der Waals surface area (Å²) in [5.41, 5.74) is 1.67. The Kier molecular flexibility index (Phi) is 4.64. The smallest absolute Gasteiger partial charge is 0.406 e. The van der Waals surface area contributed by atoms with Crippen LogP contribution in [0.1, 0.15) is 11.3 Å². The zero-order valence-corrected chi connectivity index (χ0v) is 11.9. The fourth-order valence-corrected chi connectivity index (χ4v) is 2.02. The maximum atomic E-state index is 12.0. The molecule has 0 saturated heterocycles. The van der Waals surface area contributed by atoms with Crippen molar-refractivity contribution in [1.29, 1.82) is 0 Å². The van der Waals surface area contributed by atoms with Gasteiger partial charge in [0.25, 0.3) is 0 Å². The highest BCUT2D eigenvalue weighted by molar-refractivity contribution is 9.09. The molecule has 0 unspecified atom stereocenters. The molecular weight excluding hydrogens is 339 g/mol. The molecule has 1 aromatic heterocycles. The normalized spacial score (nSPS) is 11.6. The maximum Gasteiger partial charge on any atom is 0.573 e. The SMILES string of the molecule is FC(F)(F)Oc1ccc(Cn2cc(CCBr)nn2)cc1. The first kappa shape index (κ1) is 14.8. The van der Waals surface area contributed by atoms with E-state index in [1.54, 1.807) is 23.0 Å². The molecule has 0 N–H and O–H groups in total. The van der Waals surface area contributed by atoms with Crippen LogP contribution in [0.25, 0.3) is 0 Å². The van der Waals surface area contributed by atoms with Crippen molar-refractivity contribution in [3.63, 3.8) is 0 Å². The van der Waals surface area contributed by atoms with Gasteiger partial charge in [-0.1, -0.05) is 33.3 Å². The van der Waals surface area contributed by atoms with Gasteiger partial charge in [0.05, 0.1) is 12.2 Å². The zero-order chi connectivity index (χ0) is 14.6. The van der Waals surface area contributed by atoms with Crippen molar-refractivity contribution < 1.29 is 17.9 Å². The molecule has 20 heavy (non-hydrogen) atoms. The minimum Gasteiger partial charge on any atom is -0.406 e. The lowest BCUT2D eigenvalue weighted by molar-refractivity contribution is -0.274. The standard InChI is InChI=1S/C12H11BrF3N3O/c13-6-5-10-8-19(18-17-10)7-9-1-3-11(4-2-9)20-12(14,15)16/h1-4,8H,5-7H2. The average Bonchev–Trinajstić information content (AvgIpc) is 2.78. The largest absolute Gasteiger partial charge is 0.573 e. The molecule has 0 atom stereocenters. The van der Waals surface area contributed by atoms with Gasteiger partial charge < -0.3 is 4.74 Å². The Balaban J connectivity index is 1.99. The minimum atomic E-state index is -4.67. The second kappa shape index (κ2) is 6.25. The van der Waals surface area contributed by atoms with Crippen molar-refractivity contribution >= 4 is 15.9 Å². The summed E-state index contributed by atoms with van der Waals surface area (Å²) >= 11 is 3.31. The lowest BCUT2D eigenvalue weighted by Gasteiger charge is -2.09. The van der Waals surface area contributed by atoms with Crippen molar-refractivity contribution in [2.45, 2.75) is 19.3 Å². The summed E-state index contributed by atoms with van der Waals surface area (Å²) in [6.07, 6.45) is -2.09. The molecule has 0 aliphatic heterocycles. The summed E-state index contributed by atoms with van der Waals surface area (Å²) in [7, 11) is 0. The Morgan fingerprint density at radius 1 is 1.20 bits per heavy atom. The highest BCUT2D eigenvalue weighted by atomic mass is 79.9. The van der Waals surface area contributed by atoms with Gasteiger partial charge in [0.2, 0.25) is 0 Å². The third-order valence-corrected chi connectivity index (χ3v) is 2.83. The van der Waals surface area contributed by atoms with Gasteiger partial charge in [-0.05, 0) is 17.7 Å². The molecule has 0 radical (unpaired) electrons. The van der Waals surface area contributed by atoms with Crippen LogP contribution < -0.4 is 4.74 Å². The van der Waals surface area contributed by atoms with Crippen LogP contribution in [0.3, 0.4) is 0 Å². The molecule has 0 spiro atoms. The summed E-state index contributed by atoms with van der Waals surface area (Å²) in [6.45, 7) is 0.446. The Bertz CT molecular complexity index is 554. The van der Waals surface area contributed by atoms with E-state index in [0.717, 1.165) is 23.0 Å². The van der Waals surface area contributed by atoms with E-state index in [0.29, 0.717) is 6.54 Å². The molecule has 108 valence electrons. The molecule has 2 aromatic rings. The molecule has 0 aliphatic rings. The first-order valence-electron chi connectivity index (χ1n) is 5.76. The van der Waals surface area contributed by atoms with E-state index in [1.807, 2.05) is 0 Å². The van der Waals surface area contributed by atoms with Gasteiger partial charge in [-0.2, -0.15) is 0 Å². The fraction of sp³-hybridized carbons (Fsp3) is 0.333. The molecule has 2 rings (SSSR count). The summed E-state index contributed by atoms with van der Waals surface area (Å²) in [6, 6.07) is 5.68. The number of aryl methyl sites for hydroxylation is 1. The number of aromatic nitrogens is 3. The van der Waals surface area contributed by atoms with E-state index in [9.17, 15) is 13.2 Å². The van der Waals surface area contributed by atoms with Crippen molar-refractivity contribution in [2.24, 2.45) is 0 Å². The molecule has 0 fully saturated rings. The van der Waals surface area contributed by atoms with Crippen LogP contribution >= 0.6 is 15.9 Å². The molecule has 0 aliphatic carbocycles. The molecule has 4 nitrogen and oxygen atoms in total. The summed E-state index contributed by atoms with van der Waals surface area (Å²) in [4.78, 5) is 0.